The lowest BCUT2D eigenvalue weighted by molar-refractivity contribution is 0.161. The normalized spacial score (nSPS) is 9.91. The molecule has 0 atom stereocenters. The Morgan fingerprint density at radius 1 is 1.00 bits per heavy atom. The van der Waals surface area contributed by atoms with Gasteiger partial charge in [0.2, 0.25) is 0 Å². The summed E-state index contributed by atoms with van der Waals surface area (Å²) < 4.78 is 4.98. The fourth-order valence-electron chi connectivity index (χ4n) is 2.86. The third-order valence-corrected chi connectivity index (χ3v) is 6.97. The molecule has 4 rings (SSSR count). The topological polar surface area (TPSA) is 93.1 Å². The van der Waals surface area contributed by atoms with Crippen LogP contribution in [0.25, 0.3) is 21.1 Å². The molecule has 0 fully saturated rings. The van der Waals surface area contributed by atoms with Crippen molar-refractivity contribution in [2.24, 2.45) is 0 Å². The first-order chi connectivity index (χ1) is 15.9. The standard InChI is InChI=1S/C13H15N3O2S.C10H11N3S.CH4/c1-4-18-13(17)16(3)12-9(2)15-11(19-12)10-6-5-7-14-8-10;1-7-9(11-2)14-10(13-7)8-4-3-5-12-6-8;/h5-8H,4H2,1-3H3;3-6,11H,1-2H3;1H4. The summed E-state index contributed by atoms with van der Waals surface area (Å²) in [5.41, 5.74) is 3.86. The third-order valence-electron chi connectivity index (χ3n) is 4.46. The van der Waals surface area contributed by atoms with Gasteiger partial charge in [0.1, 0.15) is 20.0 Å². The van der Waals surface area contributed by atoms with Gasteiger partial charge in [-0.2, -0.15) is 0 Å². The Bertz CT molecular complexity index is 1180. The number of aromatic nitrogens is 4. The van der Waals surface area contributed by atoms with E-state index in [2.05, 4.69) is 25.3 Å². The van der Waals surface area contributed by atoms with Crippen LogP contribution in [0.3, 0.4) is 0 Å². The van der Waals surface area contributed by atoms with E-state index in [9.17, 15) is 4.79 Å². The summed E-state index contributed by atoms with van der Waals surface area (Å²) in [6.07, 6.45) is 6.70. The van der Waals surface area contributed by atoms with Gasteiger partial charge in [-0.25, -0.2) is 14.8 Å². The van der Waals surface area contributed by atoms with Crippen molar-refractivity contribution in [3.05, 3.63) is 60.4 Å². The van der Waals surface area contributed by atoms with E-state index in [0.29, 0.717) is 6.61 Å². The SMILES string of the molecule is C.CCOC(=O)N(C)c1sc(-c2cccnc2)nc1C.CNc1sc(-c2cccnc2)nc1C. The van der Waals surface area contributed by atoms with Crippen LogP contribution in [-0.2, 0) is 4.74 Å². The predicted octanol–water partition coefficient (Wildman–Crippen LogP) is 6.30. The highest BCUT2D eigenvalue weighted by atomic mass is 32.1. The number of hydrogen-bond acceptors (Lipinski definition) is 9. The second-order valence-electron chi connectivity index (χ2n) is 6.83. The molecule has 1 N–H and O–H groups in total. The molecule has 0 aliphatic rings. The Balaban J connectivity index is 0.000000243. The lowest BCUT2D eigenvalue weighted by Crippen LogP contribution is -2.26. The molecule has 10 heteroatoms. The van der Waals surface area contributed by atoms with Crippen LogP contribution in [0, 0.1) is 13.8 Å². The highest BCUT2D eigenvalue weighted by molar-refractivity contribution is 7.19. The molecule has 0 saturated carbocycles. The number of anilines is 2. The summed E-state index contributed by atoms with van der Waals surface area (Å²) in [5, 5.41) is 6.88. The van der Waals surface area contributed by atoms with Crippen LogP contribution in [0.1, 0.15) is 25.7 Å². The summed E-state index contributed by atoms with van der Waals surface area (Å²) >= 11 is 3.10. The molecular weight excluding hydrogens is 468 g/mol. The molecule has 8 nitrogen and oxygen atoms in total. The van der Waals surface area contributed by atoms with E-state index in [1.807, 2.05) is 51.4 Å². The minimum Gasteiger partial charge on any atom is -0.449 e. The van der Waals surface area contributed by atoms with Crippen molar-refractivity contribution in [2.75, 3.05) is 30.9 Å². The molecule has 4 heterocycles. The van der Waals surface area contributed by atoms with E-state index in [1.165, 1.54) is 16.2 Å². The minimum atomic E-state index is -0.369. The van der Waals surface area contributed by atoms with Crippen LogP contribution in [0.15, 0.2) is 49.1 Å². The number of carbonyl (C=O) groups excluding carboxylic acids is 1. The van der Waals surface area contributed by atoms with Crippen LogP contribution in [-0.4, -0.2) is 46.7 Å². The molecule has 0 saturated heterocycles. The number of rotatable bonds is 5. The van der Waals surface area contributed by atoms with Gasteiger partial charge in [0.25, 0.3) is 0 Å². The third kappa shape index (κ3) is 6.58. The second-order valence-corrected chi connectivity index (χ2v) is 8.81. The van der Waals surface area contributed by atoms with Gasteiger partial charge in [0.05, 0.1) is 18.0 Å². The van der Waals surface area contributed by atoms with Crippen molar-refractivity contribution >= 4 is 38.8 Å². The lowest BCUT2D eigenvalue weighted by atomic mass is 10.3. The Kier molecular flexibility index (Phi) is 10.1. The number of nitrogens with one attached hydrogen (secondary N) is 1. The van der Waals surface area contributed by atoms with Gasteiger partial charge in [-0.1, -0.05) is 30.1 Å². The number of thiazole rings is 2. The van der Waals surface area contributed by atoms with Crippen molar-refractivity contribution in [1.29, 1.82) is 0 Å². The zero-order valence-corrected chi connectivity index (χ0v) is 20.8. The largest absolute Gasteiger partial charge is 0.449 e. The van der Waals surface area contributed by atoms with Gasteiger partial charge in [-0.05, 0) is 45.0 Å². The van der Waals surface area contributed by atoms with Crippen molar-refractivity contribution < 1.29 is 9.53 Å². The minimum absolute atomic E-state index is 0. The predicted molar refractivity (Wildman–Crippen MR) is 142 cm³/mol. The molecule has 34 heavy (non-hydrogen) atoms. The quantitative estimate of drug-likeness (QED) is 0.345. The monoisotopic (exact) mass is 498 g/mol. The van der Waals surface area contributed by atoms with Crippen LogP contribution in [0.2, 0.25) is 0 Å². The van der Waals surface area contributed by atoms with E-state index in [-0.39, 0.29) is 13.5 Å². The highest BCUT2D eigenvalue weighted by Gasteiger charge is 2.18. The zero-order chi connectivity index (χ0) is 23.8. The fourth-order valence-corrected chi connectivity index (χ4v) is 4.78. The number of nitrogens with zero attached hydrogens (tertiary/aromatic N) is 5. The summed E-state index contributed by atoms with van der Waals surface area (Å²) in [4.78, 5) is 30.3. The number of amides is 1. The van der Waals surface area contributed by atoms with E-state index in [4.69, 9.17) is 4.74 Å². The van der Waals surface area contributed by atoms with Crippen molar-refractivity contribution in [3.8, 4) is 21.1 Å². The molecular formula is C24H30N6O2S2. The first-order valence-corrected chi connectivity index (χ1v) is 11.9. The number of carbonyl (C=O) groups is 1. The molecule has 0 bridgehead atoms. The molecule has 0 aliphatic carbocycles. The maximum absolute atomic E-state index is 11.7. The number of hydrogen-bond donors (Lipinski definition) is 1. The average Bonchev–Trinajstić information content (AvgIpc) is 3.42. The van der Waals surface area contributed by atoms with Crippen LogP contribution in [0.4, 0.5) is 14.8 Å². The van der Waals surface area contributed by atoms with E-state index in [0.717, 1.165) is 42.5 Å². The van der Waals surface area contributed by atoms with E-state index >= 15 is 0 Å². The lowest BCUT2D eigenvalue weighted by Gasteiger charge is -2.14. The highest BCUT2D eigenvalue weighted by Crippen LogP contribution is 2.34. The molecule has 180 valence electrons. The zero-order valence-electron chi connectivity index (χ0n) is 19.2. The van der Waals surface area contributed by atoms with Gasteiger partial charge in [-0.3, -0.25) is 14.9 Å². The summed E-state index contributed by atoms with van der Waals surface area (Å²) in [6.45, 7) is 6.02. The Morgan fingerprint density at radius 3 is 2.03 bits per heavy atom. The van der Waals surface area contributed by atoms with Crippen molar-refractivity contribution in [2.45, 2.75) is 28.2 Å². The van der Waals surface area contributed by atoms with Crippen molar-refractivity contribution in [1.82, 2.24) is 19.9 Å². The van der Waals surface area contributed by atoms with Crippen molar-refractivity contribution in [3.63, 3.8) is 0 Å². The average molecular weight is 499 g/mol. The summed E-state index contributed by atoms with van der Waals surface area (Å²) in [7, 11) is 3.60. The van der Waals surface area contributed by atoms with Gasteiger partial charge >= 0.3 is 6.09 Å². The molecule has 0 unspecified atom stereocenters. The molecule has 4 aromatic rings. The molecule has 1 amide bonds. The number of ether oxygens (including phenoxy) is 1. The van der Waals surface area contributed by atoms with Gasteiger partial charge in [0, 0.05) is 50.0 Å². The van der Waals surface area contributed by atoms with E-state index < -0.39 is 0 Å². The molecule has 0 radical (unpaired) electrons. The smallest absolute Gasteiger partial charge is 0.414 e. The summed E-state index contributed by atoms with van der Waals surface area (Å²) in [5.74, 6) is 0. The van der Waals surface area contributed by atoms with Gasteiger partial charge in [-0.15, -0.1) is 0 Å². The van der Waals surface area contributed by atoms with Crippen LogP contribution < -0.4 is 10.2 Å². The van der Waals surface area contributed by atoms with Gasteiger partial charge < -0.3 is 10.1 Å². The molecule has 0 aromatic carbocycles. The molecule has 0 aliphatic heterocycles. The van der Waals surface area contributed by atoms with Crippen LogP contribution in [0.5, 0.6) is 0 Å². The first kappa shape index (κ1) is 26.9. The first-order valence-electron chi connectivity index (χ1n) is 10.3. The summed E-state index contributed by atoms with van der Waals surface area (Å²) in [6, 6.07) is 7.75. The Morgan fingerprint density at radius 2 is 1.56 bits per heavy atom. The van der Waals surface area contributed by atoms with Crippen LogP contribution >= 0.6 is 22.7 Å². The number of aryl methyl sites for hydroxylation is 2. The Labute approximate surface area is 208 Å². The maximum Gasteiger partial charge on any atom is 0.414 e. The Hall–Kier alpha value is -3.37. The maximum atomic E-state index is 11.7. The fraction of sp³-hybridized carbons (Fsp3) is 0.292. The van der Waals surface area contributed by atoms with Gasteiger partial charge in [0.15, 0.2) is 0 Å². The molecule has 4 aromatic heterocycles. The second kappa shape index (κ2) is 12.8. The molecule has 0 spiro atoms. The number of pyridine rings is 2. The van der Waals surface area contributed by atoms with E-state index in [1.54, 1.807) is 43.9 Å².